The minimum atomic E-state index is -0.160. The smallest absolute Gasteiger partial charge is 0.255 e. The van der Waals surface area contributed by atoms with E-state index in [1.54, 1.807) is 12.1 Å². The van der Waals surface area contributed by atoms with Gasteiger partial charge in [0.25, 0.3) is 5.91 Å². The zero-order valence-electron chi connectivity index (χ0n) is 20.8. The fourth-order valence-corrected chi connectivity index (χ4v) is 3.93. The highest BCUT2D eigenvalue weighted by Gasteiger charge is 2.12. The zero-order chi connectivity index (χ0) is 24.6. The molecule has 35 heavy (non-hydrogen) atoms. The van der Waals surface area contributed by atoms with E-state index in [2.05, 4.69) is 43.2 Å². The van der Waals surface area contributed by atoms with E-state index < -0.39 is 0 Å². The molecule has 0 radical (unpaired) electrons. The van der Waals surface area contributed by atoms with E-state index in [0.717, 1.165) is 35.3 Å². The normalized spacial score (nSPS) is 12.0. The molecule has 4 rings (SSSR count). The van der Waals surface area contributed by atoms with Crippen LogP contribution < -0.4 is 10.1 Å². The Morgan fingerprint density at radius 3 is 2.46 bits per heavy atom. The summed E-state index contributed by atoms with van der Waals surface area (Å²) in [6.45, 7) is 7.30. The van der Waals surface area contributed by atoms with E-state index in [9.17, 15) is 4.79 Å². The van der Waals surface area contributed by atoms with Gasteiger partial charge in [0.2, 0.25) is 5.89 Å². The van der Waals surface area contributed by atoms with Crippen LogP contribution in [0.15, 0.2) is 71.1 Å². The van der Waals surface area contributed by atoms with E-state index in [1.807, 2.05) is 42.5 Å². The van der Waals surface area contributed by atoms with Gasteiger partial charge in [-0.2, -0.15) is 0 Å². The van der Waals surface area contributed by atoms with Gasteiger partial charge in [-0.15, -0.1) is 0 Å². The first-order valence-corrected chi connectivity index (χ1v) is 12.6. The second-order valence-electron chi connectivity index (χ2n) is 9.02. The number of hydrogen-bond donors (Lipinski definition) is 1. The molecule has 1 N–H and O–H groups in total. The Hall–Kier alpha value is -3.60. The summed E-state index contributed by atoms with van der Waals surface area (Å²) >= 11 is 0. The average Bonchev–Trinajstić information content (AvgIpc) is 3.32. The van der Waals surface area contributed by atoms with Crippen LogP contribution >= 0.6 is 0 Å². The number of oxazole rings is 1. The number of aromatic nitrogens is 1. The number of rotatable bonds is 11. The second-order valence-corrected chi connectivity index (χ2v) is 9.02. The number of anilines is 1. The van der Waals surface area contributed by atoms with E-state index >= 15 is 0 Å². The van der Waals surface area contributed by atoms with Crippen molar-refractivity contribution in [3.63, 3.8) is 0 Å². The number of amides is 1. The molecule has 1 amide bonds. The fourth-order valence-electron chi connectivity index (χ4n) is 3.93. The maximum Gasteiger partial charge on any atom is 0.255 e. The molecule has 0 aliphatic rings. The Morgan fingerprint density at radius 2 is 1.74 bits per heavy atom. The Morgan fingerprint density at radius 1 is 0.971 bits per heavy atom. The van der Waals surface area contributed by atoms with Gasteiger partial charge in [-0.3, -0.25) is 4.79 Å². The molecule has 5 heteroatoms. The highest BCUT2D eigenvalue weighted by atomic mass is 16.5. The number of ether oxygens (including phenoxy) is 1. The first kappa shape index (κ1) is 24.5. The van der Waals surface area contributed by atoms with Gasteiger partial charge in [-0.1, -0.05) is 46.1 Å². The molecule has 1 heterocycles. The Labute approximate surface area is 207 Å². The van der Waals surface area contributed by atoms with Gasteiger partial charge in [-0.25, -0.2) is 4.98 Å². The number of nitrogens with one attached hydrogen (secondary N) is 1. The standard InChI is InChI=1S/C30H34N2O3/c1-4-6-7-8-19-34-26-16-11-22(12-17-26)29(33)31-25-14-9-23(10-15-25)30-32-27-20-24(21(3)5-2)13-18-28(27)35-30/h9-18,20-21H,4-8,19H2,1-3H3,(H,31,33). The molecular formula is C30H34N2O3. The van der Waals surface area contributed by atoms with Gasteiger partial charge in [0.1, 0.15) is 11.3 Å². The largest absolute Gasteiger partial charge is 0.494 e. The lowest BCUT2D eigenvalue weighted by molar-refractivity contribution is 0.102. The van der Waals surface area contributed by atoms with Crippen molar-refractivity contribution in [1.82, 2.24) is 4.98 Å². The number of hydrogen-bond acceptors (Lipinski definition) is 4. The van der Waals surface area contributed by atoms with Crippen LogP contribution in [0.1, 0.15) is 74.7 Å². The quantitative estimate of drug-likeness (QED) is 0.224. The number of carbonyl (C=O) groups excluding carboxylic acids is 1. The first-order chi connectivity index (χ1) is 17.1. The van der Waals surface area contributed by atoms with Crippen molar-refractivity contribution in [1.29, 1.82) is 0 Å². The van der Waals surface area contributed by atoms with Crippen LogP contribution in [0, 0.1) is 0 Å². The Bertz CT molecular complexity index is 1240. The molecule has 4 aromatic rings. The molecule has 1 unspecified atom stereocenters. The lowest BCUT2D eigenvalue weighted by Gasteiger charge is -2.08. The van der Waals surface area contributed by atoms with Crippen LogP contribution in [0.3, 0.4) is 0 Å². The summed E-state index contributed by atoms with van der Waals surface area (Å²) in [5, 5.41) is 2.94. The highest BCUT2D eigenvalue weighted by molar-refractivity contribution is 6.04. The fraction of sp³-hybridized carbons (Fsp3) is 0.333. The van der Waals surface area contributed by atoms with Crippen LogP contribution in [0.2, 0.25) is 0 Å². The predicted octanol–water partition coefficient (Wildman–Crippen LogP) is 8.22. The molecule has 0 spiro atoms. The Balaban J connectivity index is 1.36. The third kappa shape index (κ3) is 6.30. The van der Waals surface area contributed by atoms with Gasteiger partial charge in [-0.05, 0) is 85.0 Å². The number of benzene rings is 3. The number of carbonyl (C=O) groups is 1. The summed E-state index contributed by atoms with van der Waals surface area (Å²) in [6.07, 6.45) is 5.76. The van der Waals surface area contributed by atoms with E-state index in [1.165, 1.54) is 24.8 Å². The van der Waals surface area contributed by atoms with Crippen LogP contribution in [-0.2, 0) is 0 Å². The van der Waals surface area contributed by atoms with Crippen molar-refractivity contribution in [2.75, 3.05) is 11.9 Å². The summed E-state index contributed by atoms with van der Waals surface area (Å²) in [7, 11) is 0. The number of unbranched alkanes of at least 4 members (excludes halogenated alkanes) is 3. The molecule has 0 saturated carbocycles. The lowest BCUT2D eigenvalue weighted by Crippen LogP contribution is -2.11. The van der Waals surface area contributed by atoms with Gasteiger partial charge in [0.15, 0.2) is 5.58 Å². The monoisotopic (exact) mass is 470 g/mol. The molecule has 1 atom stereocenters. The van der Waals surface area contributed by atoms with Crippen LogP contribution in [0.25, 0.3) is 22.6 Å². The van der Waals surface area contributed by atoms with Crippen molar-refractivity contribution in [3.8, 4) is 17.2 Å². The molecule has 3 aromatic carbocycles. The summed E-state index contributed by atoms with van der Waals surface area (Å²) in [4.78, 5) is 17.3. The Kier molecular flexibility index (Phi) is 8.19. The molecule has 0 bridgehead atoms. The summed E-state index contributed by atoms with van der Waals surface area (Å²) in [5.41, 5.74) is 5.07. The van der Waals surface area contributed by atoms with Crippen molar-refractivity contribution in [2.24, 2.45) is 0 Å². The molecule has 0 fully saturated rings. The zero-order valence-corrected chi connectivity index (χ0v) is 20.8. The molecule has 5 nitrogen and oxygen atoms in total. The SMILES string of the molecule is CCCCCCOc1ccc(C(=O)Nc2ccc(-c3nc4cc(C(C)CC)ccc4o3)cc2)cc1. The lowest BCUT2D eigenvalue weighted by atomic mass is 9.98. The molecule has 0 aliphatic heterocycles. The van der Waals surface area contributed by atoms with Crippen molar-refractivity contribution in [3.05, 3.63) is 77.9 Å². The summed E-state index contributed by atoms with van der Waals surface area (Å²) in [5.74, 6) is 1.69. The maximum absolute atomic E-state index is 12.7. The molecular weight excluding hydrogens is 436 g/mol. The van der Waals surface area contributed by atoms with Gasteiger partial charge >= 0.3 is 0 Å². The minimum absolute atomic E-state index is 0.160. The third-order valence-corrected chi connectivity index (χ3v) is 6.37. The van der Waals surface area contributed by atoms with Crippen molar-refractivity contribution in [2.45, 2.75) is 58.8 Å². The van der Waals surface area contributed by atoms with Gasteiger partial charge in [0.05, 0.1) is 6.61 Å². The molecule has 0 saturated heterocycles. The maximum atomic E-state index is 12.7. The summed E-state index contributed by atoms with van der Waals surface area (Å²) in [6, 6.07) is 21.0. The van der Waals surface area contributed by atoms with E-state index in [0.29, 0.717) is 29.7 Å². The van der Waals surface area contributed by atoms with Gasteiger partial charge < -0.3 is 14.5 Å². The van der Waals surface area contributed by atoms with E-state index in [-0.39, 0.29) is 5.91 Å². The molecule has 0 aliphatic carbocycles. The average molecular weight is 471 g/mol. The van der Waals surface area contributed by atoms with Crippen molar-refractivity contribution >= 4 is 22.7 Å². The number of fused-ring (bicyclic) bond motifs is 1. The van der Waals surface area contributed by atoms with Crippen LogP contribution in [0.4, 0.5) is 5.69 Å². The number of nitrogens with zero attached hydrogens (tertiary/aromatic N) is 1. The molecule has 182 valence electrons. The van der Waals surface area contributed by atoms with Gasteiger partial charge in [0, 0.05) is 16.8 Å². The third-order valence-electron chi connectivity index (χ3n) is 6.37. The topological polar surface area (TPSA) is 64.4 Å². The predicted molar refractivity (Wildman–Crippen MR) is 142 cm³/mol. The molecule has 1 aromatic heterocycles. The highest BCUT2D eigenvalue weighted by Crippen LogP contribution is 2.28. The summed E-state index contributed by atoms with van der Waals surface area (Å²) < 4.78 is 11.7. The minimum Gasteiger partial charge on any atom is -0.494 e. The second kappa shape index (κ2) is 11.7. The van der Waals surface area contributed by atoms with E-state index in [4.69, 9.17) is 9.15 Å². The first-order valence-electron chi connectivity index (χ1n) is 12.6. The van der Waals surface area contributed by atoms with Crippen LogP contribution in [0.5, 0.6) is 5.75 Å². The van der Waals surface area contributed by atoms with Crippen molar-refractivity contribution < 1.29 is 13.9 Å². The van der Waals surface area contributed by atoms with Crippen LogP contribution in [-0.4, -0.2) is 17.5 Å².